The molecule has 0 radical (unpaired) electrons. The van der Waals surface area contributed by atoms with E-state index < -0.39 is 11.7 Å². The summed E-state index contributed by atoms with van der Waals surface area (Å²) in [4.78, 5) is 2.33. The maximum absolute atomic E-state index is 12.7. The largest absolute Gasteiger partial charge is 0.416 e. The number of piperidine rings is 1. The highest BCUT2D eigenvalue weighted by Gasteiger charge is 2.31. The summed E-state index contributed by atoms with van der Waals surface area (Å²) in [5, 5.41) is 3.27. The van der Waals surface area contributed by atoms with Gasteiger partial charge in [0.05, 0.1) is 5.56 Å². The third-order valence-corrected chi connectivity index (χ3v) is 3.85. The summed E-state index contributed by atoms with van der Waals surface area (Å²) in [6, 6.07) is 3.82. The number of halogens is 4. The van der Waals surface area contributed by atoms with E-state index in [0.717, 1.165) is 44.6 Å². The number of hydrogen-bond acceptors (Lipinski definition) is 2. The lowest BCUT2D eigenvalue weighted by Gasteiger charge is -2.32. The molecular weight excluding hydrogens is 289 g/mol. The lowest BCUT2D eigenvalue weighted by molar-refractivity contribution is -0.137. The van der Waals surface area contributed by atoms with Crippen molar-refractivity contribution in [2.75, 3.05) is 25.0 Å². The van der Waals surface area contributed by atoms with Crippen LogP contribution in [0.2, 0.25) is 5.02 Å². The SMILES string of the molecule is CCN1CCC(Nc2cc(Cl)cc(C(F)(F)F)c2)CC1. The number of likely N-dealkylation sites (tertiary alicyclic amines) is 1. The Morgan fingerprint density at radius 2 is 1.90 bits per heavy atom. The Morgan fingerprint density at radius 3 is 2.45 bits per heavy atom. The first kappa shape index (κ1) is 15.4. The summed E-state index contributed by atoms with van der Waals surface area (Å²) >= 11 is 5.77. The quantitative estimate of drug-likeness (QED) is 0.898. The molecule has 1 N–H and O–H groups in total. The molecule has 1 aliphatic rings. The minimum atomic E-state index is -4.37. The van der Waals surface area contributed by atoms with Crippen LogP contribution in [0, 0.1) is 0 Å². The van der Waals surface area contributed by atoms with Gasteiger partial charge in [0.2, 0.25) is 0 Å². The average molecular weight is 307 g/mol. The molecule has 2 nitrogen and oxygen atoms in total. The number of benzene rings is 1. The van der Waals surface area contributed by atoms with Gasteiger partial charge in [-0.1, -0.05) is 18.5 Å². The molecule has 0 aliphatic carbocycles. The van der Waals surface area contributed by atoms with Gasteiger partial charge in [-0.05, 0) is 37.6 Å². The van der Waals surface area contributed by atoms with Gasteiger partial charge in [0.15, 0.2) is 0 Å². The van der Waals surface area contributed by atoms with Gasteiger partial charge >= 0.3 is 6.18 Å². The molecule has 1 heterocycles. The van der Waals surface area contributed by atoms with E-state index in [2.05, 4.69) is 17.1 Å². The van der Waals surface area contributed by atoms with Crippen LogP contribution < -0.4 is 5.32 Å². The van der Waals surface area contributed by atoms with Gasteiger partial charge in [0.25, 0.3) is 0 Å². The summed E-state index contributed by atoms with van der Waals surface area (Å²) < 4.78 is 38.2. The maximum atomic E-state index is 12.7. The van der Waals surface area contributed by atoms with Crippen molar-refractivity contribution in [1.82, 2.24) is 4.90 Å². The Hall–Kier alpha value is -0.940. The summed E-state index contributed by atoms with van der Waals surface area (Å²) in [6.07, 6.45) is -2.50. The van der Waals surface area contributed by atoms with Crippen molar-refractivity contribution in [3.8, 4) is 0 Å². The van der Waals surface area contributed by atoms with E-state index in [0.29, 0.717) is 5.69 Å². The third-order valence-electron chi connectivity index (χ3n) is 3.63. The third kappa shape index (κ3) is 4.03. The Bertz CT molecular complexity index is 454. The first-order valence-electron chi connectivity index (χ1n) is 6.75. The predicted octanol–water partition coefficient (Wildman–Crippen LogP) is 4.26. The topological polar surface area (TPSA) is 15.3 Å². The van der Waals surface area contributed by atoms with Gasteiger partial charge < -0.3 is 10.2 Å². The van der Waals surface area contributed by atoms with Crippen molar-refractivity contribution >= 4 is 17.3 Å². The normalized spacial score (nSPS) is 18.2. The van der Waals surface area contributed by atoms with Crippen LogP contribution in [-0.4, -0.2) is 30.6 Å². The summed E-state index contributed by atoms with van der Waals surface area (Å²) in [6.45, 7) is 5.07. The van der Waals surface area contributed by atoms with Crippen LogP contribution in [0.4, 0.5) is 18.9 Å². The average Bonchev–Trinajstić information content (AvgIpc) is 2.38. The monoisotopic (exact) mass is 306 g/mol. The zero-order chi connectivity index (χ0) is 14.8. The van der Waals surface area contributed by atoms with E-state index in [9.17, 15) is 13.2 Å². The molecule has 0 atom stereocenters. The highest BCUT2D eigenvalue weighted by Crippen LogP contribution is 2.33. The number of alkyl halides is 3. The number of hydrogen-bond donors (Lipinski definition) is 1. The molecule has 1 aromatic carbocycles. The molecule has 0 spiro atoms. The second-order valence-electron chi connectivity index (χ2n) is 5.08. The Labute approximate surface area is 121 Å². The molecule has 0 saturated carbocycles. The van der Waals surface area contributed by atoms with E-state index in [4.69, 9.17) is 11.6 Å². The van der Waals surface area contributed by atoms with Crippen LogP contribution in [0.3, 0.4) is 0 Å². The Balaban J connectivity index is 2.05. The van der Waals surface area contributed by atoms with Gasteiger partial charge in [-0.3, -0.25) is 0 Å². The number of nitrogens with one attached hydrogen (secondary N) is 1. The predicted molar refractivity (Wildman–Crippen MR) is 75.2 cm³/mol. The summed E-state index contributed by atoms with van der Waals surface area (Å²) in [7, 11) is 0. The molecule has 1 aliphatic heterocycles. The first-order valence-corrected chi connectivity index (χ1v) is 7.13. The van der Waals surface area contributed by atoms with Gasteiger partial charge in [-0.25, -0.2) is 0 Å². The fraction of sp³-hybridized carbons (Fsp3) is 0.571. The highest BCUT2D eigenvalue weighted by atomic mass is 35.5. The highest BCUT2D eigenvalue weighted by molar-refractivity contribution is 6.30. The molecule has 0 unspecified atom stereocenters. The minimum Gasteiger partial charge on any atom is -0.382 e. The molecule has 6 heteroatoms. The van der Waals surface area contributed by atoms with Crippen molar-refractivity contribution in [3.05, 3.63) is 28.8 Å². The molecule has 2 rings (SSSR count). The second-order valence-corrected chi connectivity index (χ2v) is 5.52. The smallest absolute Gasteiger partial charge is 0.382 e. The minimum absolute atomic E-state index is 0.105. The lowest BCUT2D eigenvalue weighted by atomic mass is 10.0. The summed E-state index contributed by atoms with van der Waals surface area (Å²) in [5.74, 6) is 0. The van der Waals surface area contributed by atoms with Crippen molar-refractivity contribution < 1.29 is 13.2 Å². The van der Waals surface area contributed by atoms with E-state index in [1.54, 1.807) is 6.07 Å². The molecule has 0 amide bonds. The molecule has 1 fully saturated rings. The first-order chi connectivity index (χ1) is 9.38. The molecule has 0 bridgehead atoms. The fourth-order valence-corrected chi connectivity index (χ4v) is 2.70. The van der Waals surface area contributed by atoms with Crippen LogP contribution in [-0.2, 0) is 6.18 Å². The lowest BCUT2D eigenvalue weighted by Crippen LogP contribution is -2.38. The molecular formula is C14H18ClF3N2. The van der Waals surface area contributed by atoms with Gasteiger partial charge in [0, 0.05) is 29.8 Å². The molecule has 112 valence electrons. The van der Waals surface area contributed by atoms with Crippen LogP contribution in [0.25, 0.3) is 0 Å². The number of nitrogens with zero attached hydrogens (tertiary/aromatic N) is 1. The maximum Gasteiger partial charge on any atom is 0.416 e. The van der Waals surface area contributed by atoms with Gasteiger partial charge in [-0.2, -0.15) is 13.2 Å². The van der Waals surface area contributed by atoms with Crippen molar-refractivity contribution in [3.63, 3.8) is 0 Å². The van der Waals surface area contributed by atoms with Gasteiger partial charge in [-0.15, -0.1) is 0 Å². The number of anilines is 1. The second kappa shape index (κ2) is 6.22. The molecule has 20 heavy (non-hydrogen) atoms. The van der Waals surface area contributed by atoms with E-state index in [1.165, 1.54) is 0 Å². The zero-order valence-electron chi connectivity index (χ0n) is 11.3. The van der Waals surface area contributed by atoms with E-state index in [-0.39, 0.29) is 11.1 Å². The molecule has 1 aromatic rings. The van der Waals surface area contributed by atoms with Crippen LogP contribution in [0.1, 0.15) is 25.3 Å². The number of rotatable bonds is 3. The van der Waals surface area contributed by atoms with E-state index in [1.807, 2.05) is 0 Å². The Kier molecular flexibility index (Phi) is 4.81. The molecule has 1 saturated heterocycles. The van der Waals surface area contributed by atoms with Gasteiger partial charge in [0.1, 0.15) is 0 Å². The Morgan fingerprint density at radius 1 is 1.25 bits per heavy atom. The van der Waals surface area contributed by atoms with Crippen LogP contribution in [0.5, 0.6) is 0 Å². The van der Waals surface area contributed by atoms with Crippen molar-refractivity contribution in [2.24, 2.45) is 0 Å². The fourth-order valence-electron chi connectivity index (χ4n) is 2.47. The van der Waals surface area contributed by atoms with Crippen LogP contribution >= 0.6 is 11.6 Å². The van der Waals surface area contributed by atoms with Crippen LogP contribution in [0.15, 0.2) is 18.2 Å². The zero-order valence-corrected chi connectivity index (χ0v) is 12.1. The summed E-state index contributed by atoms with van der Waals surface area (Å²) in [5.41, 5.74) is -0.265. The van der Waals surface area contributed by atoms with Crippen molar-refractivity contribution in [1.29, 1.82) is 0 Å². The molecule has 0 aromatic heterocycles. The van der Waals surface area contributed by atoms with E-state index >= 15 is 0 Å². The van der Waals surface area contributed by atoms with Crippen molar-refractivity contribution in [2.45, 2.75) is 32.0 Å². The standard InChI is InChI=1S/C14H18ClF3N2/c1-2-20-5-3-12(4-6-20)19-13-8-10(14(16,17)18)7-11(15)9-13/h7-9,12,19H,2-6H2,1H3.